The van der Waals surface area contributed by atoms with E-state index in [-0.39, 0.29) is 17.9 Å². The third-order valence-corrected chi connectivity index (χ3v) is 6.58. The lowest BCUT2D eigenvalue weighted by Gasteiger charge is -2.39. The number of piperidine rings is 1. The minimum Gasteiger partial charge on any atom is -0.340 e. The third-order valence-electron chi connectivity index (χ3n) is 6.58. The second-order valence-corrected chi connectivity index (χ2v) is 8.94. The van der Waals surface area contributed by atoms with Crippen LogP contribution in [0.25, 0.3) is 0 Å². The molecule has 2 heterocycles. The fraction of sp³-hybridized carbons (Fsp3) is 0.583. The normalized spacial score (nSPS) is 19.2. The number of hydrogen-bond acceptors (Lipinski definition) is 5. The van der Waals surface area contributed by atoms with Crippen LogP contribution in [0.1, 0.15) is 67.8 Å². The molecule has 2 amide bonds. The maximum atomic E-state index is 12.9. The van der Waals surface area contributed by atoms with E-state index in [9.17, 15) is 9.59 Å². The molecule has 1 atom stereocenters. The van der Waals surface area contributed by atoms with Crippen molar-refractivity contribution in [2.45, 2.75) is 70.8 Å². The molecule has 1 aliphatic carbocycles. The molecular formula is C24H32N4O3. The molecule has 0 radical (unpaired) electrons. The van der Waals surface area contributed by atoms with Crippen molar-refractivity contribution in [1.82, 2.24) is 19.9 Å². The molecule has 1 aromatic heterocycles. The lowest BCUT2D eigenvalue weighted by Crippen LogP contribution is -2.52. The number of carbonyl (C=O) groups is 2. The summed E-state index contributed by atoms with van der Waals surface area (Å²) in [6.45, 7) is 5.53. The van der Waals surface area contributed by atoms with Crippen molar-refractivity contribution in [1.29, 1.82) is 0 Å². The molecule has 2 aromatic rings. The summed E-state index contributed by atoms with van der Waals surface area (Å²) in [5.74, 6) is 1.97. The van der Waals surface area contributed by atoms with Crippen LogP contribution in [0.2, 0.25) is 0 Å². The van der Waals surface area contributed by atoms with E-state index in [4.69, 9.17) is 4.52 Å². The smallest absolute Gasteiger partial charge is 0.229 e. The molecule has 4 rings (SSSR count). The number of likely N-dealkylation sites (tertiary alicyclic amines) is 1. The maximum absolute atomic E-state index is 12.9. The maximum Gasteiger partial charge on any atom is 0.229 e. The molecule has 0 spiro atoms. The fourth-order valence-electron chi connectivity index (χ4n) is 4.44. The van der Waals surface area contributed by atoms with Crippen LogP contribution in [-0.2, 0) is 22.4 Å². The first-order valence-electron chi connectivity index (χ1n) is 11.4. The van der Waals surface area contributed by atoms with E-state index >= 15 is 0 Å². The number of hydrogen-bond donors (Lipinski definition) is 0. The van der Waals surface area contributed by atoms with Crippen molar-refractivity contribution >= 4 is 11.8 Å². The summed E-state index contributed by atoms with van der Waals surface area (Å²) in [7, 11) is 0. The van der Waals surface area contributed by atoms with Gasteiger partial charge >= 0.3 is 0 Å². The lowest BCUT2D eigenvalue weighted by atomic mass is 9.85. The van der Waals surface area contributed by atoms with E-state index in [2.05, 4.69) is 10.1 Å². The van der Waals surface area contributed by atoms with Crippen LogP contribution >= 0.6 is 0 Å². The van der Waals surface area contributed by atoms with Gasteiger partial charge < -0.3 is 14.3 Å². The number of aryl methyl sites for hydroxylation is 1. The van der Waals surface area contributed by atoms with Gasteiger partial charge in [0.2, 0.25) is 17.7 Å². The van der Waals surface area contributed by atoms with E-state index in [1.54, 1.807) is 6.92 Å². The Hall–Kier alpha value is -2.70. The zero-order chi connectivity index (χ0) is 21.8. The van der Waals surface area contributed by atoms with Crippen molar-refractivity contribution in [3.63, 3.8) is 0 Å². The Morgan fingerprint density at radius 1 is 1.16 bits per heavy atom. The van der Waals surface area contributed by atoms with Crippen molar-refractivity contribution in [3.8, 4) is 0 Å². The summed E-state index contributed by atoms with van der Waals surface area (Å²) >= 11 is 0. The first kappa shape index (κ1) is 21.5. The zero-order valence-corrected chi connectivity index (χ0v) is 18.5. The number of benzene rings is 1. The molecule has 0 bridgehead atoms. The first-order valence-corrected chi connectivity index (χ1v) is 11.4. The summed E-state index contributed by atoms with van der Waals surface area (Å²) in [4.78, 5) is 33.6. The second-order valence-electron chi connectivity index (χ2n) is 8.94. The number of nitrogens with zero attached hydrogens (tertiary/aromatic N) is 4. The average Bonchev–Trinajstić information content (AvgIpc) is 3.16. The van der Waals surface area contributed by atoms with Gasteiger partial charge in [0.05, 0.1) is 6.42 Å². The minimum atomic E-state index is 0.0283. The van der Waals surface area contributed by atoms with Crippen molar-refractivity contribution in [2.75, 3.05) is 19.6 Å². The molecule has 1 unspecified atom stereocenters. The van der Waals surface area contributed by atoms with Crippen LogP contribution in [0, 0.1) is 6.92 Å². The zero-order valence-electron chi connectivity index (χ0n) is 18.5. The SMILES string of the molecule is CC(=O)N(CCc1noc(C2CCC2)n1)C1CCCN(C(=O)Cc2ccc(C)cc2)C1. The van der Waals surface area contributed by atoms with Crippen LogP contribution in [0.3, 0.4) is 0 Å². The summed E-state index contributed by atoms with van der Waals surface area (Å²) in [5.41, 5.74) is 2.22. The molecule has 0 N–H and O–H groups in total. The summed E-state index contributed by atoms with van der Waals surface area (Å²) in [6.07, 6.45) is 6.26. The Morgan fingerprint density at radius 2 is 1.94 bits per heavy atom. The molecule has 1 aromatic carbocycles. The fourth-order valence-corrected chi connectivity index (χ4v) is 4.44. The quantitative estimate of drug-likeness (QED) is 0.682. The molecule has 1 saturated carbocycles. The van der Waals surface area contributed by atoms with E-state index in [1.165, 1.54) is 12.0 Å². The van der Waals surface area contributed by atoms with Crippen LogP contribution in [-0.4, -0.2) is 57.4 Å². The Balaban J connectivity index is 1.33. The van der Waals surface area contributed by atoms with Crippen molar-refractivity contribution < 1.29 is 14.1 Å². The monoisotopic (exact) mass is 424 g/mol. The van der Waals surface area contributed by atoms with Crippen LogP contribution in [0.15, 0.2) is 28.8 Å². The molecule has 1 aliphatic heterocycles. The molecule has 7 heteroatoms. The van der Waals surface area contributed by atoms with Crippen molar-refractivity contribution in [3.05, 3.63) is 47.1 Å². The van der Waals surface area contributed by atoms with Gasteiger partial charge in [0, 0.05) is 44.9 Å². The molecule has 2 fully saturated rings. The van der Waals surface area contributed by atoms with Gasteiger partial charge in [-0.05, 0) is 38.2 Å². The Morgan fingerprint density at radius 3 is 2.61 bits per heavy atom. The van der Waals surface area contributed by atoms with Gasteiger partial charge in [0.1, 0.15) is 0 Å². The molecule has 166 valence electrons. The van der Waals surface area contributed by atoms with Gasteiger partial charge in [-0.3, -0.25) is 9.59 Å². The Kier molecular flexibility index (Phi) is 6.68. The van der Waals surface area contributed by atoms with Crippen LogP contribution in [0.5, 0.6) is 0 Å². The minimum absolute atomic E-state index is 0.0283. The highest BCUT2D eigenvalue weighted by molar-refractivity contribution is 5.79. The van der Waals surface area contributed by atoms with Gasteiger partial charge in [-0.2, -0.15) is 4.98 Å². The van der Waals surface area contributed by atoms with E-state index < -0.39 is 0 Å². The summed E-state index contributed by atoms with van der Waals surface area (Å²) in [5, 5.41) is 4.10. The number of aromatic nitrogens is 2. The topological polar surface area (TPSA) is 79.5 Å². The van der Waals surface area contributed by atoms with Crippen LogP contribution < -0.4 is 0 Å². The molecular weight excluding hydrogens is 392 g/mol. The highest BCUT2D eigenvalue weighted by Gasteiger charge is 2.30. The average molecular weight is 425 g/mol. The van der Waals surface area contributed by atoms with E-state index in [0.717, 1.165) is 43.7 Å². The highest BCUT2D eigenvalue weighted by atomic mass is 16.5. The van der Waals surface area contributed by atoms with E-state index in [1.807, 2.05) is 41.0 Å². The Bertz CT molecular complexity index is 904. The van der Waals surface area contributed by atoms with Gasteiger partial charge in [-0.25, -0.2) is 0 Å². The lowest BCUT2D eigenvalue weighted by molar-refractivity contribution is -0.138. The molecule has 31 heavy (non-hydrogen) atoms. The van der Waals surface area contributed by atoms with Gasteiger partial charge in [0.25, 0.3) is 0 Å². The van der Waals surface area contributed by atoms with Gasteiger partial charge in [-0.1, -0.05) is 41.4 Å². The predicted octanol–water partition coefficient (Wildman–Crippen LogP) is 3.27. The van der Waals surface area contributed by atoms with Gasteiger partial charge in [-0.15, -0.1) is 0 Å². The van der Waals surface area contributed by atoms with Crippen LogP contribution in [0.4, 0.5) is 0 Å². The molecule has 1 saturated heterocycles. The van der Waals surface area contributed by atoms with Gasteiger partial charge in [0.15, 0.2) is 5.82 Å². The predicted molar refractivity (Wildman–Crippen MR) is 116 cm³/mol. The number of rotatable bonds is 7. The van der Waals surface area contributed by atoms with E-state index in [0.29, 0.717) is 37.7 Å². The van der Waals surface area contributed by atoms with Crippen molar-refractivity contribution in [2.24, 2.45) is 0 Å². The third kappa shape index (κ3) is 5.32. The highest BCUT2D eigenvalue weighted by Crippen LogP contribution is 2.35. The number of amides is 2. The standard InChI is InChI=1S/C24H32N4O3/c1-17-8-10-19(11-9-17)15-23(30)27-13-4-7-21(16-27)28(18(2)29)14-12-22-25-24(31-26-22)20-5-3-6-20/h8-11,20-21H,3-7,12-16H2,1-2H3. The first-order chi connectivity index (χ1) is 15.0. The Labute approximate surface area is 183 Å². The molecule has 2 aliphatic rings. The number of carbonyl (C=O) groups excluding carboxylic acids is 2. The molecule has 7 nitrogen and oxygen atoms in total. The summed E-state index contributed by atoms with van der Waals surface area (Å²) in [6, 6.07) is 8.13. The largest absolute Gasteiger partial charge is 0.340 e. The summed E-state index contributed by atoms with van der Waals surface area (Å²) < 4.78 is 5.40. The second kappa shape index (κ2) is 9.62.